The van der Waals surface area contributed by atoms with Crippen molar-refractivity contribution >= 4 is 23.1 Å². The van der Waals surface area contributed by atoms with E-state index in [1.807, 2.05) is 0 Å². The summed E-state index contributed by atoms with van der Waals surface area (Å²) in [5.41, 5.74) is 2.60. The highest BCUT2D eigenvalue weighted by Gasteiger charge is 2.31. The van der Waals surface area contributed by atoms with Crippen molar-refractivity contribution in [2.24, 2.45) is 0 Å². The van der Waals surface area contributed by atoms with Gasteiger partial charge in [-0.25, -0.2) is 9.78 Å². The van der Waals surface area contributed by atoms with Crippen molar-refractivity contribution in [3.63, 3.8) is 0 Å². The van der Waals surface area contributed by atoms with Crippen molar-refractivity contribution in [3.05, 3.63) is 71.9 Å². The zero-order chi connectivity index (χ0) is 25.9. The molecule has 1 aliphatic rings. The number of halogens is 3. The maximum atomic E-state index is 12.4. The van der Waals surface area contributed by atoms with Crippen LogP contribution in [0.3, 0.4) is 0 Å². The SMILES string of the molecule is O=C(O)COc1cccc2c1CCCC2N(c1ccc(-c2ccc(OC(F)(F)F)cc2)cn1)S(=O)[O-]. The highest BCUT2D eigenvalue weighted by molar-refractivity contribution is 7.80. The minimum atomic E-state index is -4.79. The van der Waals surface area contributed by atoms with E-state index >= 15 is 0 Å². The molecule has 0 saturated heterocycles. The third-order valence-corrected chi connectivity index (χ3v) is 6.39. The fourth-order valence-corrected chi connectivity index (χ4v) is 4.87. The van der Waals surface area contributed by atoms with E-state index in [1.54, 1.807) is 24.3 Å². The van der Waals surface area contributed by atoms with E-state index in [0.717, 1.165) is 9.87 Å². The molecule has 0 fully saturated rings. The van der Waals surface area contributed by atoms with Gasteiger partial charge in [-0.05, 0) is 66.3 Å². The molecule has 190 valence electrons. The van der Waals surface area contributed by atoms with Gasteiger partial charge in [0.1, 0.15) is 17.3 Å². The van der Waals surface area contributed by atoms with Gasteiger partial charge in [-0.15, -0.1) is 13.2 Å². The number of alkyl halides is 3. The fraction of sp³-hybridized carbons (Fsp3) is 0.250. The van der Waals surface area contributed by atoms with Gasteiger partial charge in [0.05, 0.1) is 6.04 Å². The van der Waals surface area contributed by atoms with Crippen molar-refractivity contribution in [1.29, 1.82) is 0 Å². The lowest BCUT2D eigenvalue weighted by Crippen LogP contribution is -2.33. The molecule has 0 amide bonds. The van der Waals surface area contributed by atoms with Crippen LogP contribution in [0.25, 0.3) is 11.1 Å². The van der Waals surface area contributed by atoms with Gasteiger partial charge in [-0.1, -0.05) is 24.3 Å². The van der Waals surface area contributed by atoms with Crippen LogP contribution in [0.15, 0.2) is 60.8 Å². The van der Waals surface area contributed by atoms with Crippen LogP contribution in [0.1, 0.15) is 30.0 Å². The van der Waals surface area contributed by atoms with Gasteiger partial charge in [0.15, 0.2) is 6.61 Å². The van der Waals surface area contributed by atoms with Crippen molar-refractivity contribution in [2.75, 3.05) is 10.9 Å². The number of aliphatic carboxylic acids is 1. The maximum absolute atomic E-state index is 12.4. The first-order chi connectivity index (χ1) is 17.1. The number of fused-ring (bicyclic) bond motifs is 1. The smallest absolute Gasteiger partial charge is 0.573 e. The Labute approximate surface area is 206 Å². The molecule has 36 heavy (non-hydrogen) atoms. The molecule has 3 aromatic rings. The lowest BCUT2D eigenvalue weighted by atomic mass is 9.87. The number of pyridine rings is 1. The molecule has 0 radical (unpaired) electrons. The number of aromatic nitrogens is 1. The summed E-state index contributed by atoms with van der Waals surface area (Å²) in [6.45, 7) is -0.509. The third-order valence-electron chi connectivity index (χ3n) is 5.62. The van der Waals surface area contributed by atoms with E-state index in [0.29, 0.717) is 41.7 Å². The van der Waals surface area contributed by atoms with E-state index in [4.69, 9.17) is 9.84 Å². The van der Waals surface area contributed by atoms with Crippen LogP contribution >= 0.6 is 0 Å². The molecule has 0 bridgehead atoms. The Bertz CT molecular complexity index is 1250. The first-order valence-corrected chi connectivity index (χ1v) is 11.8. The van der Waals surface area contributed by atoms with Crippen LogP contribution in [0.4, 0.5) is 19.0 Å². The van der Waals surface area contributed by atoms with E-state index in [2.05, 4.69) is 9.72 Å². The molecule has 1 N–H and O–H groups in total. The van der Waals surface area contributed by atoms with Gasteiger partial charge in [-0.3, -0.25) is 8.51 Å². The quantitative estimate of drug-likeness (QED) is 0.424. The Morgan fingerprint density at radius 2 is 1.86 bits per heavy atom. The largest absolute Gasteiger partial charge is 0.755 e. The normalized spacial score (nSPS) is 16.1. The highest BCUT2D eigenvalue weighted by atomic mass is 32.2. The number of carbonyl (C=O) groups is 1. The minimum Gasteiger partial charge on any atom is -0.755 e. The van der Waals surface area contributed by atoms with E-state index in [9.17, 15) is 26.7 Å². The molecule has 2 aromatic carbocycles. The van der Waals surface area contributed by atoms with Crippen molar-refractivity contribution < 1.29 is 41.3 Å². The Morgan fingerprint density at radius 3 is 2.47 bits per heavy atom. The molecule has 2 atom stereocenters. The second-order valence-electron chi connectivity index (χ2n) is 7.93. The maximum Gasteiger partial charge on any atom is 0.573 e. The lowest BCUT2D eigenvalue weighted by Gasteiger charge is -2.37. The van der Waals surface area contributed by atoms with E-state index in [-0.39, 0.29) is 11.6 Å². The number of carboxylic acid groups (broad SMARTS) is 1. The fourth-order valence-electron chi connectivity index (χ4n) is 4.18. The van der Waals surface area contributed by atoms with Gasteiger partial charge >= 0.3 is 12.3 Å². The predicted molar refractivity (Wildman–Crippen MR) is 123 cm³/mol. The molecule has 12 heteroatoms. The number of ether oxygens (including phenoxy) is 2. The average molecular weight is 521 g/mol. The number of hydrogen-bond acceptors (Lipinski definition) is 6. The van der Waals surface area contributed by atoms with Crippen molar-refractivity contribution in [1.82, 2.24) is 4.98 Å². The van der Waals surface area contributed by atoms with Gasteiger partial charge < -0.3 is 19.1 Å². The molecule has 2 unspecified atom stereocenters. The van der Waals surface area contributed by atoms with Crippen LogP contribution in [-0.2, 0) is 22.5 Å². The molecule has 4 rings (SSSR count). The minimum absolute atomic E-state index is 0.166. The second-order valence-corrected chi connectivity index (χ2v) is 8.76. The van der Waals surface area contributed by atoms with Gasteiger partial charge in [0, 0.05) is 23.0 Å². The Morgan fingerprint density at radius 1 is 1.14 bits per heavy atom. The Balaban J connectivity index is 1.59. The zero-order valence-corrected chi connectivity index (χ0v) is 19.4. The lowest BCUT2D eigenvalue weighted by molar-refractivity contribution is -0.274. The first kappa shape index (κ1) is 25.5. The number of nitrogens with zero attached hydrogens (tertiary/aromatic N) is 2. The summed E-state index contributed by atoms with van der Waals surface area (Å²) in [6.07, 6.45) is -1.56. The molecular formula is C24H20F3N2O6S-. The summed E-state index contributed by atoms with van der Waals surface area (Å²) in [5.74, 6) is -0.906. The molecule has 1 aromatic heterocycles. The number of benzene rings is 2. The van der Waals surface area contributed by atoms with Gasteiger partial charge in [0.2, 0.25) is 0 Å². The Hall–Kier alpha value is -3.64. The molecular weight excluding hydrogens is 501 g/mol. The summed E-state index contributed by atoms with van der Waals surface area (Å²) in [6, 6.07) is 12.9. The van der Waals surface area contributed by atoms with Crippen molar-refractivity contribution in [2.45, 2.75) is 31.7 Å². The first-order valence-electron chi connectivity index (χ1n) is 10.8. The molecule has 0 aliphatic heterocycles. The van der Waals surface area contributed by atoms with Crippen LogP contribution in [0.2, 0.25) is 0 Å². The van der Waals surface area contributed by atoms with Gasteiger partial charge in [0.25, 0.3) is 0 Å². The van der Waals surface area contributed by atoms with Crippen LogP contribution < -0.4 is 13.8 Å². The molecule has 0 saturated carbocycles. The van der Waals surface area contributed by atoms with E-state index in [1.165, 1.54) is 36.5 Å². The van der Waals surface area contributed by atoms with E-state index < -0.39 is 36.2 Å². The number of carboxylic acids is 1. The highest BCUT2D eigenvalue weighted by Crippen LogP contribution is 2.41. The third kappa shape index (κ3) is 5.94. The van der Waals surface area contributed by atoms with Crippen LogP contribution in [-0.4, -0.2) is 37.8 Å². The summed E-state index contributed by atoms with van der Waals surface area (Å²) in [4.78, 5) is 15.2. The molecule has 8 nitrogen and oxygen atoms in total. The second kappa shape index (κ2) is 10.5. The standard InChI is InChI=1S/C24H21F3N2O6S/c25-24(26,27)35-17-10-7-15(8-11-17)16-9-12-22(28-13-16)29(36(32)33)20-5-1-4-19-18(20)3-2-6-21(19)34-14-23(30)31/h2-3,6-13,20H,1,4-5,14H2,(H,30,31)(H,32,33)/p-1. The molecule has 0 spiro atoms. The number of anilines is 1. The van der Waals surface area contributed by atoms with Crippen LogP contribution in [0, 0.1) is 0 Å². The zero-order valence-electron chi connectivity index (χ0n) is 18.6. The summed E-state index contributed by atoms with van der Waals surface area (Å²) < 4.78 is 72.1. The monoisotopic (exact) mass is 521 g/mol. The summed E-state index contributed by atoms with van der Waals surface area (Å²) in [7, 11) is 0. The molecule has 1 aliphatic carbocycles. The number of hydrogen-bond donors (Lipinski definition) is 1. The topological polar surface area (TPSA) is 112 Å². The molecule has 1 heterocycles. The number of rotatable bonds is 8. The predicted octanol–water partition coefficient (Wildman–Crippen LogP) is 4.79. The van der Waals surface area contributed by atoms with Crippen molar-refractivity contribution in [3.8, 4) is 22.6 Å². The average Bonchev–Trinajstić information content (AvgIpc) is 2.83. The Kier molecular flexibility index (Phi) is 7.45. The van der Waals surface area contributed by atoms with Gasteiger partial charge in [-0.2, -0.15) is 0 Å². The summed E-state index contributed by atoms with van der Waals surface area (Å²) >= 11 is -2.68. The summed E-state index contributed by atoms with van der Waals surface area (Å²) in [5, 5.41) is 8.93. The van der Waals surface area contributed by atoms with Crippen LogP contribution in [0.5, 0.6) is 11.5 Å².